The molecule has 1 N–H and O–H groups in total. The normalized spacial score (nSPS) is 39.5. The lowest BCUT2D eigenvalue weighted by atomic mass is 9.65. The quantitative estimate of drug-likeness (QED) is 0.741. The number of amides is 1. The summed E-state index contributed by atoms with van der Waals surface area (Å²) in [4.78, 5) is 17.4. The molecule has 0 aromatic rings. The Kier molecular flexibility index (Phi) is 5.79. The van der Waals surface area contributed by atoms with Crippen LogP contribution in [0.4, 0.5) is 0 Å². The fourth-order valence-electron chi connectivity index (χ4n) is 7.34. The van der Waals surface area contributed by atoms with E-state index in [0.29, 0.717) is 17.7 Å². The zero-order chi connectivity index (χ0) is 21.6. The molecule has 0 aromatic carbocycles. The number of nitriles is 1. The van der Waals surface area contributed by atoms with Crippen LogP contribution in [0, 0.1) is 46.8 Å². The second kappa shape index (κ2) is 8.43. The Morgan fingerprint density at radius 2 is 1.45 bits per heavy atom. The first-order valence-electron chi connectivity index (χ1n) is 12.8. The number of carbonyl (C=O) groups excluding carboxylic acids is 1. The van der Waals surface area contributed by atoms with Crippen LogP contribution in [0.2, 0.25) is 0 Å². The van der Waals surface area contributed by atoms with Crippen LogP contribution in [0.1, 0.15) is 70.6 Å². The minimum Gasteiger partial charge on any atom is -0.384 e. The molecular weight excluding hydrogens is 386 g/mol. The van der Waals surface area contributed by atoms with Gasteiger partial charge < -0.3 is 14.9 Å². The average molecular weight is 426 g/mol. The highest BCUT2D eigenvalue weighted by Gasteiger charge is 2.46. The van der Waals surface area contributed by atoms with Crippen LogP contribution in [0.15, 0.2) is 12.3 Å². The van der Waals surface area contributed by atoms with Gasteiger partial charge in [0.1, 0.15) is 5.60 Å². The van der Waals surface area contributed by atoms with E-state index < -0.39 is 5.60 Å². The molecular formula is C26H39N3O2. The van der Waals surface area contributed by atoms with Gasteiger partial charge in [0.05, 0.1) is 6.07 Å². The maximum Gasteiger partial charge on any atom is 0.225 e. The van der Waals surface area contributed by atoms with Gasteiger partial charge in [-0.05, 0) is 94.3 Å². The smallest absolute Gasteiger partial charge is 0.225 e. The van der Waals surface area contributed by atoms with Gasteiger partial charge in [-0.3, -0.25) is 4.79 Å². The van der Waals surface area contributed by atoms with E-state index in [1.807, 2.05) is 0 Å². The predicted molar refractivity (Wildman–Crippen MR) is 120 cm³/mol. The van der Waals surface area contributed by atoms with E-state index in [0.717, 1.165) is 81.7 Å². The number of piperazine rings is 1. The number of hydrogen-bond acceptors (Lipinski definition) is 4. The maximum absolute atomic E-state index is 13.2. The lowest BCUT2D eigenvalue weighted by molar-refractivity contribution is -0.138. The van der Waals surface area contributed by atoms with Gasteiger partial charge in [0, 0.05) is 43.7 Å². The Hall–Kier alpha value is -1.54. The molecule has 170 valence electrons. The molecule has 5 heteroatoms. The summed E-state index contributed by atoms with van der Waals surface area (Å²) in [6, 6.07) is 2.59. The number of hydrogen-bond donors (Lipinski definition) is 1. The molecule has 4 saturated carbocycles. The van der Waals surface area contributed by atoms with Crippen molar-refractivity contribution >= 4 is 5.91 Å². The molecule has 0 radical (unpaired) electrons. The van der Waals surface area contributed by atoms with Gasteiger partial charge in [0.2, 0.25) is 5.91 Å². The summed E-state index contributed by atoms with van der Waals surface area (Å²) >= 11 is 0. The van der Waals surface area contributed by atoms with Crippen LogP contribution >= 0.6 is 0 Å². The number of nitrogens with zero attached hydrogens (tertiary/aromatic N) is 3. The van der Waals surface area contributed by atoms with Crippen molar-refractivity contribution < 1.29 is 9.90 Å². The molecule has 1 amide bonds. The fourth-order valence-corrected chi connectivity index (χ4v) is 7.34. The summed E-state index contributed by atoms with van der Waals surface area (Å²) in [5, 5.41) is 19.8. The van der Waals surface area contributed by atoms with Gasteiger partial charge in [-0.25, -0.2) is 0 Å². The van der Waals surface area contributed by atoms with Crippen LogP contribution in [0.25, 0.3) is 0 Å². The monoisotopic (exact) mass is 425 g/mol. The van der Waals surface area contributed by atoms with Crippen LogP contribution in [0.3, 0.4) is 0 Å². The summed E-state index contributed by atoms with van der Waals surface area (Å²) in [5.41, 5.74) is 0.200. The van der Waals surface area contributed by atoms with Crippen molar-refractivity contribution in [2.24, 2.45) is 35.5 Å². The minimum atomic E-state index is -0.657. The molecule has 0 aromatic heterocycles. The van der Waals surface area contributed by atoms with Crippen molar-refractivity contribution in [1.29, 1.82) is 5.26 Å². The number of aliphatic hydroxyl groups is 1. The van der Waals surface area contributed by atoms with Crippen molar-refractivity contribution in [3.63, 3.8) is 0 Å². The summed E-state index contributed by atoms with van der Waals surface area (Å²) in [7, 11) is 0. The molecule has 1 heterocycles. The van der Waals surface area contributed by atoms with Gasteiger partial charge in [-0.2, -0.15) is 5.26 Å². The van der Waals surface area contributed by atoms with Crippen molar-refractivity contribution in [1.82, 2.24) is 9.80 Å². The van der Waals surface area contributed by atoms with Gasteiger partial charge in [-0.1, -0.05) is 6.58 Å². The third-order valence-corrected chi connectivity index (χ3v) is 9.64. The molecule has 5 aliphatic rings. The topological polar surface area (TPSA) is 67.6 Å². The Balaban J connectivity index is 1.08. The number of carbonyl (C=O) groups is 1. The van der Waals surface area contributed by atoms with Crippen molar-refractivity contribution in [2.75, 3.05) is 26.2 Å². The van der Waals surface area contributed by atoms with Crippen molar-refractivity contribution in [2.45, 2.75) is 76.2 Å². The summed E-state index contributed by atoms with van der Waals surface area (Å²) < 4.78 is 0. The molecule has 31 heavy (non-hydrogen) atoms. The van der Waals surface area contributed by atoms with E-state index in [2.05, 4.69) is 22.4 Å². The lowest BCUT2D eigenvalue weighted by Crippen LogP contribution is -2.51. The van der Waals surface area contributed by atoms with E-state index in [4.69, 9.17) is 0 Å². The minimum absolute atomic E-state index is 0.202. The van der Waals surface area contributed by atoms with Crippen LogP contribution in [-0.2, 0) is 4.79 Å². The third kappa shape index (κ3) is 4.13. The van der Waals surface area contributed by atoms with Gasteiger partial charge in [0.25, 0.3) is 0 Å². The van der Waals surface area contributed by atoms with Crippen molar-refractivity contribution in [3.8, 4) is 6.07 Å². The fraction of sp³-hybridized carbons (Fsp3) is 0.846. The molecule has 5 rings (SSSR count). The van der Waals surface area contributed by atoms with Crippen LogP contribution < -0.4 is 0 Å². The molecule has 4 atom stereocenters. The van der Waals surface area contributed by atoms with E-state index in [1.54, 1.807) is 0 Å². The third-order valence-electron chi connectivity index (χ3n) is 9.64. The lowest BCUT2D eigenvalue weighted by Gasteiger charge is -2.42. The molecule has 0 spiro atoms. The molecule has 1 saturated heterocycles. The number of fused-ring (bicyclic) bond motifs is 1. The summed E-state index contributed by atoms with van der Waals surface area (Å²) in [5.74, 6) is 3.89. The largest absolute Gasteiger partial charge is 0.384 e. The summed E-state index contributed by atoms with van der Waals surface area (Å²) in [6.07, 6.45) is 12.5. The highest BCUT2D eigenvalue weighted by atomic mass is 16.3. The second-order valence-electron chi connectivity index (χ2n) is 11.2. The average Bonchev–Trinajstić information content (AvgIpc) is 3.44. The Bertz CT molecular complexity index is 738. The Morgan fingerprint density at radius 1 is 0.871 bits per heavy atom. The first-order valence-corrected chi connectivity index (χ1v) is 12.8. The van der Waals surface area contributed by atoms with E-state index in [9.17, 15) is 15.2 Å². The van der Waals surface area contributed by atoms with Crippen LogP contribution in [-0.4, -0.2) is 52.6 Å². The van der Waals surface area contributed by atoms with E-state index in [-0.39, 0.29) is 5.92 Å². The zero-order valence-electron chi connectivity index (χ0n) is 19.0. The van der Waals surface area contributed by atoms with Crippen LogP contribution in [0.5, 0.6) is 0 Å². The second-order valence-corrected chi connectivity index (χ2v) is 11.2. The van der Waals surface area contributed by atoms with Crippen molar-refractivity contribution in [3.05, 3.63) is 12.3 Å². The zero-order valence-corrected chi connectivity index (χ0v) is 19.0. The standard InChI is InChI=1S/C26H39N3O2/c1-18(26(31)10-11-26)28-12-14-29(15-13-28)25(30)21-6-2-19(3-7-21)22-8-4-20-5-9-23(17-27)24(20)16-22/h19-24,31H,1-16H2. The highest BCUT2D eigenvalue weighted by Crippen LogP contribution is 2.51. The molecule has 0 bridgehead atoms. The number of rotatable bonds is 4. The van der Waals surface area contributed by atoms with Gasteiger partial charge in [0.15, 0.2) is 0 Å². The predicted octanol–water partition coefficient (Wildman–Crippen LogP) is 3.94. The molecule has 4 aliphatic carbocycles. The van der Waals surface area contributed by atoms with E-state index in [1.165, 1.54) is 38.5 Å². The SMILES string of the molecule is C=C(N1CCN(C(=O)C2CCC(C3CCC4CCC(C#N)C4C3)CC2)CC1)C1(O)CC1. The first-order chi connectivity index (χ1) is 15.0. The maximum atomic E-state index is 13.2. The molecule has 5 fully saturated rings. The van der Waals surface area contributed by atoms with E-state index >= 15 is 0 Å². The Labute approximate surface area is 187 Å². The van der Waals surface area contributed by atoms with Gasteiger partial charge >= 0.3 is 0 Å². The summed E-state index contributed by atoms with van der Waals surface area (Å²) in [6.45, 7) is 7.22. The Morgan fingerprint density at radius 3 is 2.10 bits per heavy atom. The molecule has 1 aliphatic heterocycles. The first kappa shape index (κ1) is 21.3. The molecule has 5 nitrogen and oxygen atoms in total. The molecule has 4 unspecified atom stereocenters. The van der Waals surface area contributed by atoms with Gasteiger partial charge in [-0.15, -0.1) is 0 Å². The highest BCUT2D eigenvalue weighted by molar-refractivity contribution is 5.79.